The lowest BCUT2D eigenvalue weighted by Crippen LogP contribution is -2.37. The third-order valence-electron chi connectivity index (χ3n) is 4.97. The van der Waals surface area contributed by atoms with Gasteiger partial charge in [0, 0.05) is 36.0 Å². The average Bonchev–Trinajstić information content (AvgIpc) is 3.16. The molecule has 1 aliphatic rings. The number of nitrogens with one attached hydrogen (secondary N) is 2. The van der Waals surface area contributed by atoms with Gasteiger partial charge in [0.1, 0.15) is 0 Å². The summed E-state index contributed by atoms with van der Waals surface area (Å²) >= 11 is 0. The van der Waals surface area contributed by atoms with Crippen LogP contribution in [0.5, 0.6) is 0 Å². The molecule has 4 rings (SSSR count). The first-order valence-corrected chi connectivity index (χ1v) is 9.22. The van der Waals surface area contributed by atoms with Crippen LogP contribution >= 0.6 is 0 Å². The Morgan fingerprint density at radius 1 is 1.18 bits per heavy atom. The molecule has 1 aliphatic heterocycles. The molecule has 0 atom stereocenters. The second kappa shape index (κ2) is 7.64. The van der Waals surface area contributed by atoms with Gasteiger partial charge in [0.25, 0.3) is 11.8 Å². The smallest absolute Gasteiger partial charge is 0.272 e. The van der Waals surface area contributed by atoms with E-state index in [-0.39, 0.29) is 11.8 Å². The Balaban J connectivity index is 1.49. The molecule has 1 aromatic carbocycles. The minimum atomic E-state index is -0.270. The summed E-state index contributed by atoms with van der Waals surface area (Å²) in [5.41, 5.74) is 4.45. The van der Waals surface area contributed by atoms with Gasteiger partial charge in [0.15, 0.2) is 5.69 Å². The molecule has 7 nitrogen and oxygen atoms in total. The number of carbonyl (C=O) groups is 2. The minimum Gasteiger partial charge on any atom is -0.345 e. The van der Waals surface area contributed by atoms with Crippen molar-refractivity contribution >= 4 is 11.8 Å². The number of H-pyrrole nitrogens is 1. The quantitative estimate of drug-likeness (QED) is 0.732. The molecule has 3 aromatic rings. The Bertz CT molecular complexity index is 1010. The molecule has 0 saturated carbocycles. The van der Waals surface area contributed by atoms with E-state index in [2.05, 4.69) is 20.5 Å². The predicted molar refractivity (Wildman–Crippen MR) is 104 cm³/mol. The van der Waals surface area contributed by atoms with Crippen LogP contribution in [0.2, 0.25) is 0 Å². The fourth-order valence-electron chi connectivity index (χ4n) is 3.40. The molecule has 7 heteroatoms. The molecule has 2 aromatic heterocycles. The maximum Gasteiger partial charge on any atom is 0.272 e. The number of fused-ring (bicyclic) bond motifs is 1. The second-order valence-electron chi connectivity index (χ2n) is 6.82. The number of hydrogen-bond acceptors (Lipinski definition) is 4. The van der Waals surface area contributed by atoms with Gasteiger partial charge in [-0.25, -0.2) is 0 Å². The zero-order valence-corrected chi connectivity index (χ0v) is 15.6. The van der Waals surface area contributed by atoms with Crippen LogP contribution in [0.3, 0.4) is 0 Å². The van der Waals surface area contributed by atoms with E-state index < -0.39 is 0 Å². The fraction of sp³-hybridized carbons (Fsp3) is 0.238. The summed E-state index contributed by atoms with van der Waals surface area (Å²) in [5, 5.41) is 10.00. The topological polar surface area (TPSA) is 91.0 Å². The van der Waals surface area contributed by atoms with Gasteiger partial charge in [-0.3, -0.25) is 19.7 Å². The van der Waals surface area contributed by atoms with Crippen molar-refractivity contribution in [3.8, 4) is 0 Å². The number of benzene rings is 1. The zero-order valence-electron chi connectivity index (χ0n) is 15.6. The van der Waals surface area contributed by atoms with Crippen molar-refractivity contribution in [2.45, 2.75) is 26.4 Å². The number of rotatable bonds is 4. The summed E-state index contributed by atoms with van der Waals surface area (Å²) in [6.45, 7) is 3.22. The van der Waals surface area contributed by atoms with Crippen molar-refractivity contribution in [3.63, 3.8) is 0 Å². The number of aromatic nitrogens is 3. The third kappa shape index (κ3) is 3.51. The molecule has 0 fully saturated rings. The van der Waals surface area contributed by atoms with Gasteiger partial charge >= 0.3 is 0 Å². The standard InChI is InChI=1S/C21H21N5O2/c1-14-6-2-3-8-16(14)21(28)26-11-9-18-17(13-26)19(25-24-18)20(27)23-12-15-7-4-5-10-22-15/h2-8,10H,9,11-13H2,1H3,(H,23,27)(H,24,25). The van der Waals surface area contributed by atoms with Crippen LogP contribution in [-0.4, -0.2) is 38.4 Å². The second-order valence-corrected chi connectivity index (χ2v) is 6.82. The molecule has 0 bridgehead atoms. The van der Waals surface area contributed by atoms with E-state index in [1.165, 1.54) is 0 Å². The van der Waals surface area contributed by atoms with Crippen molar-refractivity contribution in [1.29, 1.82) is 0 Å². The molecule has 0 aliphatic carbocycles. The average molecular weight is 375 g/mol. The van der Waals surface area contributed by atoms with Crippen LogP contribution in [0.4, 0.5) is 0 Å². The van der Waals surface area contributed by atoms with E-state index >= 15 is 0 Å². The van der Waals surface area contributed by atoms with Gasteiger partial charge in [-0.15, -0.1) is 0 Å². The number of hydrogen-bond donors (Lipinski definition) is 2. The summed E-state index contributed by atoms with van der Waals surface area (Å²) in [7, 11) is 0. The molecule has 2 amide bonds. The third-order valence-corrected chi connectivity index (χ3v) is 4.97. The molecule has 0 radical (unpaired) electrons. The van der Waals surface area contributed by atoms with Crippen molar-refractivity contribution in [3.05, 3.63) is 82.4 Å². The van der Waals surface area contributed by atoms with E-state index in [9.17, 15) is 9.59 Å². The van der Waals surface area contributed by atoms with Gasteiger partial charge in [-0.1, -0.05) is 24.3 Å². The predicted octanol–water partition coefficient (Wildman–Crippen LogP) is 2.24. The van der Waals surface area contributed by atoms with Crippen molar-refractivity contribution in [2.75, 3.05) is 6.54 Å². The van der Waals surface area contributed by atoms with E-state index in [0.29, 0.717) is 37.3 Å². The van der Waals surface area contributed by atoms with Crippen molar-refractivity contribution in [1.82, 2.24) is 25.4 Å². The summed E-state index contributed by atoms with van der Waals surface area (Å²) in [5.74, 6) is -0.293. The maximum atomic E-state index is 12.9. The zero-order chi connectivity index (χ0) is 19.5. The van der Waals surface area contributed by atoms with Gasteiger partial charge in [0.05, 0.1) is 18.8 Å². The van der Waals surface area contributed by atoms with Gasteiger partial charge in [0.2, 0.25) is 0 Å². The Morgan fingerprint density at radius 3 is 2.79 bits per heavy atom. The van der Waals surface area contributed by atoms with Crippen LogP contribution in [-0.2, 0) is 19.5 Å². The Hall–Kier alpha value is -3.48. The monoisotopic (exact) mass is 375 g/mol. The van der Waals surface area contributed by atoms with Gasteiger partial charge < -0.3 is 10.2 Å². The first kappa shape index (κ1) is 17.9. The molecular weight excluding hydrogens is 354 g/mol. The fourth-order valence-corrected chi connectivity index (χ4v) is 3.40. The first-order chi connectivity index (χ1) is 13.6. The summed E-state index contributed by atoms with van der Waals surface area (Å²) < 4.78 is 0. The SMILES string of the molecule is Cc1ccccc1C(=O)N1CCc2[nH]nc(C(=O)NCc3ccccn3)c2C1. The van der Waals surface area contributed by atoms with Gasteiger partial charge in [-0.05, 0) is 30.7 Å². The number of aromatic amines is 1. The van der Waals surface area contributed by atoms with Crippen molar-refractivity contribution < 1.29 is 9.59 Å². The molecule has 28 heavy (non-hydrogen) atoms. The first-order valence-electron chi connectivity index (χ1n) is 9.22. The van der Waals surface area contributed by atoms with E-state index in [4.69, 9.17) is 0 Å². The van der Waals surface area contributed by atoms with Crippen LogP contribution in [0.15, 0.2) is 48.7 Å². The lowest BCUT2D eigenvalue weighted by molar-refractivity contribution is 0.0730. The van der Waals surface area contributed by atoms with E-state index in [1.54, 1.807) is 11.1 Å². The minimum absolute atomic E-state index is 0.0233. The highest BCUT2D eigenvalue weighted by atomic mass is 16.2. The summed E-state index contributed by atoms with van der Waals surface area (Å²) in [6, 6.07) is 13.1. The molecular formula is C21H21N5O2. The Labute approximate surface area is 162 Å². The molecule has 0 unspecified atom stereocenters. The van der Waals surface area contributed by atoms with E-state index in [1.807, 2.05) is 49.4 Å². The lowest BCUT2D eigenvalue weighted by atomic mass is 10.0. The highest BCUT2D eigenvalue weighted by Gasteiger charge is 2.28. The van der Waals surface area contributed by atoms with Gasteiger partial charge in [-0.2, -0.15) is 5.10 Å². The highest BCUT2D eigenvalue weighted by Crippen LogP contribution is 2.23. The van der Waals surface area contributed by atoms with Crippen LogP contribution in [0, 0.1) is 6.92 Å². The number of aryl methyl sites for hydroxylation is 1. The molecule has 142 valence electrons. The van der Waals surface area contributed by atoms with E-state index in [0.717, 1.165) is 22.5 Å². The number of nitrogens with zero attached hydrogens (tertiary/aromatic N) is 3. The molecule has 0 spiro atoms. The number of pyridine rings is 1. The molecule has 2 N–H and O–H groups in total. The largest absolute Gasteiger partial charge is 0.345 e. The summed E-state index contributed by atoms with van der Waals surface area (Å²) in [6.07, 6.45) is 2.33. The number of amides is 2. The van der Waals surface area contributed by atoms with Crippen molar-refractivity contribution in [2.24, 2.45) is 0 Å². The highest BCUT2D eigenvalue weighted by molar-refractivity contribution is 5.97. The lowest BCUT2D eigenvalue weighted by Gasteiger charge is -2.27. The Morgan fingerprint density at radius 2 is 2.00 bits per heavy atom. The van der Waals surface area contributed by atoms with Crippen LogP contribution in [0.1, 0.15) is 43.4 Å². The van der Waals surface area contributed by atoms with Crippen LogP contribution in [0.25, 0.3) is 0 Å². The maximum absolute atomic E-state index is 12.9. The Kier molecular flexibility index (Phi) is 4.89. The van der Waals surface area contributed by atoms with Crippen LogP contribution < -0.4 is 5.32 Å². The molecule has 3 heterocycles. The molecule has 0 saturated heterocycles. The summed E-state index contributed by atoms with van der Waals surface area (Å²) in [4.78, 5) is 31.5. The normalized spacial score (nSPS) is 13.1. The number of carbonyl (C=O) groups excluding carboxylic acids is 2.